The molecule has 0 unspecified atom stereocenters. The normalized spacial score (nSPS) is 11.3. The molecule has 0 amide bonds. The first-order valence-corrected chi connectivity index (χ1v) is 10.4. The highest BCUT2D eigenvalue weighted by molar-refractivity contribution is 5.72. The third-order valence-corrected chi connectivity index (χ3v) is 5.19. The van der Waals surface area contributed by atoms with E-state index in [0.717, 1.165) is 22.3 Å². The minimum Gasteiger partial charge on any atom is -0.496 e. The van der Waals surface area contributed by atoms with Crippen LogP contribution in [0.25, 0.3) is 11.1 Å². The molecule has 0 fully saturated rings. The highest BCUT2D eigenvalue weighted by atomic mass is 19.1. The van der Waals surface area contributed by atoms with Crippen molar-refractivity contribution in [3.63, 3.8) is 0 Å². The maximum absolute atomic E-state index is 14.6. The summed E-state index contributed by atoms with van der Waals surface area (Å²) in [6.07, 6.45) is 2.05. The van der Waals surface area contributed by atoms with E-state index >= 15 is 0 Å². The van der Waals surface area contributed by atoms with Crippen LogP contribution in [0.3, 0.4) is 0 Å². The largest absolute Gasteiger partial charge is 0.496 e. The topological polar surface area (TPSA) is 68.7 Å². The number of ether oxygens (including phenoxy) is 2. The van der Waals surface area contributed by atoms with Crippen LogP contribution in [-0.2, 0) is 23.2 Å². The molecule has 1 N–H and O–H groups in total. The van der Waals surface area contributed by atoms with Crippen molar-refractivity contribution < 1.29 is 23.8 Å². The fraction of sp³-hybridized carbons (Fsp3) is 0.308. The first kappa shape index (κ1) is 23.3. The fourth-order valence-electron chi connectivity index (χ4n) is 3.54. The van der Waals surface area contributed by atoms with Crippen LogP contribution < -0.4 is 9.47 Å². The number of carboxylic acid groups (broad SMARTS) is 1. The van der Waals surface area contributed by atoms with Crippen LogP contribution >= 0.6 is 0 Å². The molecule has 1 aromatic heterocycles. The number of aryl methyl sites for hydroxylation is 1. The Kier molecular flexibility index (Phi) is 7.13. The molecule has 0 aliphatic heterocycles. The Labute approximate surface area is 187 Å². The zero-order valence-corrected chi connectivity index (χ0v) is 18.8. The number of carboxylic acids is 1. The first-order valence-electron chi connectivity index (χ1n) is 10.4. The predicted molar refractivity (Wildman–Crippen MR) is 122 cm³/mol. The number of methoxy groups -OCH3 is 1. The number of carbonyl (C=O) groups is 1. The minimum absolute atomic E-state index is 0.0454. The van der Waals surface area contributed by atoms with Crippen molar-refractivity contribution >= 4 is 5.97 Å². The first-order chi connectivity index (χ1) is 15.2. The second-order valence-electron chi connectivity index (χ2n) is 8.62. The molecule has 0 saturated carbocycles. The third-order valence-electron chi connectivity index (χ3n) is 5.19. The van der Waals surface area contributed by atoms with E-state index in [4.69, 9.17) is 14.6 Å². The molecule has 6 heteroatoms. The lowest BCUT2D eigenvalue weighted by molar-refractivity contribution is -0.136. The molecule has 3 rings (SSSR count). The average Bonchev–Trinajstić information content (AvgIpc) is 2.75. The lowest BCUT2D eigenvalue weighted by atomic mass is 9.80. The summed E-state index contributed by atoms with van der Waals surface area (Å²) >= 11 is 0. The van der Waals surface area contributed by atoms with Crippen LogP contribution in [0.5, 0.6) is 11.6 Å². The molecule has 2 aromatic carbocycles. The molecule has 0 spiro atoms. The summed E-state index contributed by atoms with van der Waals surface area (Å²) in [4.78, 5) is 15.0. The molecule has 0 radical (unpaired) electrons. The molecule has 0 aliphatic carbocycles. The Hall–Kier alpha value is -3.41. The van der Waals surface area contributed by atoms with Gasteiger partial charge in [-0.05, 0) is 52.8 Å². The monoisotopic (exact) mass is 437 g/mol. The molecule has 3 aromatic rings. The molecule has 0 atom stereocenters. The van der Waals surface area contributed by atoms with Crippen LogP contribution in [0.1, 0.15) is 43.9 Å². The Morgan fingerprint density at radius 3 is 2.50 bits per heavy atom. The summed E-state index contributed by atoms with van der Waals surface area (Å²) in [6, 6.07) is 14.1. The van der Waals surface area contributed by atoms with E-state index in [0.29, 0.717) is 23.6 Å². The molecule has 0 saturated heterocycles. The Balaban J connectivity index is 1.93. The Bertz CT molecular complexity index is 1110. The van der Waals surface area contributed by atoms with Gasteiger partial charge in [-0.3, -0.25) is 4.79 Å². The molecule has 0 aliphatic rings. The molecule has 168 valence electrons. The summed E-state index contributed by atoms with van der Waals surface area (Å²) in [6.45, 7) is 6.45. The maximum atomic E-state index is 14.6. The van der Waals surface area contributed by atoms with E-state index in [1.807, 2.05) is 18.2 Å². The van der Waals surface area contributed by atoms with Crippen LogP contribution in [0.4, 0.5) is 4.39 Å². The van der Waals surface area contributed by atoms with E-state index in [1.165, 1.54) is 6.07 Å². The van der Waals surface area contributed by atoms with Gasteiger partial charge in [-0.2, -0.15) is 0 Å². The number of aliphatic carboxylic acids is 1. The molecule has 1 heterocycles. The van der Waals surface area contributed by atoms with E-state index in [2.05, 4.69) is 25.8 Å². The highest BCUT2D eigenvalue weighted by Crippen LogP contribution is 2.39. The van der Waals surface area contributed by atoms with Gasteiger partial charge in [-0.15, -0.1) is 0 Å². The number of rotatable bonds is 8. The highest BCUT2D eigenvalue weighted by Gasteiger charge is 2.23. The molecule has 32 heavy (non-hydrogen) atoms. The van der Waals surface area contributed by atoms with E-state index in [-0.39, 0.29) is 24.3 Å². The number of aromatic nitrogens is 1. The second kappa shape index (κ2) is 9.81. The lowest BCUT2D eigenvalue weighted by Crippen LogP contribution is -2.15. The van der Waals surface area contributed by atoms with Crippen molar-refractivity contribution in [1.29, 1.82) is 0 Å². The number of nitrogens with zero attached hydrogens (tertiary/aromatic N) is 1. The van der Waals surface area contributed by atoms with Crippen molar-refractivity contribution in [2.24, 2.45) is 0 Å². The number of hydrogen-bond acceptors (Lipinski definition) is 4. The minimum atomic E-state index is -0.848. The zero-order chi connectivity index (χ0) is 23.3. The summed E-state index contributed by atoms with van der Waals surface area (Å²) in [5.41, 5.74) is 3.70. The smallest absolute Gasteiger partial charge is 0.303 e. The van der Waals surface area contributed by atoms with Gasteiger partial charge in [-0.1, -0.05) is 39.0 Å². The molecular formula is C26H28FNO4. The molecule has 5 nitrogen and oxygen atoms in total. The number of benzene rings is 2. The third kappa shape index (κ3) is 5.63. The SMILES string of the molecule is COc1cc(-c2ccccc2F)c(C(C)(C)C)cc1COc1cc(CCC(=O)O)ccn1. The lowest BCUT2D eigenvalue weighted by Gasteiger charge is -2.25. The van der Waals surface area contributed by atoms with Gasteiger partial charge in [0.25, 0.3) is 0 Å². The van der Waals surface area contributed by atoms with Gasteiger partial charge in [0.15, 0.2) is 0 Å². The molecular weight excluding hydrogens is 409 g/mol. The van der Waals surface area contributed by atoms with Crippen molar-refractivity contribution in [3.8, 4) is 22.8 Å². The average molecular weight is 438 g/mol. The van der Waals surface area contributed by atoms with Gasteiger partial charge in [0.1, 0.15) is 18.2 Å². The standard InChI is InChI=1S/C26H28FNO4/c1-26(2,3)21-14-18(16-32-24-13-17(11-12-28-24)9-10-25(29)30)23(31-4)15-20(21)19-7-5-6-8-22(19)27/h5-8,11-15H,9-10,16H2,1-4H3,(H,29,30). The van der Waals surface area contributed by atoms with E-state index in [9.17, 15) is 9.18 Å². The van der Waals surface area contributed by atoms with Crippen LogP contribution in [0, 0.1) is 5.82 Å². The summed E-state index contributed by atoms with van der Waals surface area (Å²) in [5, 5.41) is 8.88. The zero-order valence-electron chi connectivity index (χ0n) is 18.8. The number of pyridine rings is 1. The Morgan fingerprint density at radius 2 is 1.84 bits per heavy atom. The van der Waals surface area contributed by atoms with Gasteiger partial charge in [-0.25, -0.2) is 9.37 Å². The predicted octanol–water partition coefficient (Wildman–Crippen LogP) is 5.79. The van der Waals surface area contributed by atoms with Crippen molar-refractivity contribution in [1.82, 2.24) is 4.98 Å². The summed E-state index contributed by atoms with van der Waals surface area (Å²) < 4.78 is 26.1. The second-order valence-corrected chi connectivity index (χ2v) is 8.62. The number of halogens is 1. The van der Waals surface area contributed by atoms with Crippen LogP contribution in [0.15, 0.2) is 54.7 Å². The van der Waals surface area contributed by atoms with E-state index < -0.39 is 5.97 Å². The summed E-state index contributed by atoms with van der Waals surface area (Å²) in [7, 11) is 1.57. The van der Waals surface area contributed by atoms with E-state index in [1.54, 1.807) is 37.6 Å². The van der Waals surface area contributed by atoms with Gasteiger partial charge in [0.2, 0.25) is 5.88 Å². The number of hydrogen-bond donors (Lipinski definition) is 1. The Morgan fingerprint density at radius 1 is 1.09 bits per heavy atom. The van der Waals surface area contributed by atoms with Gasteiger partial charge >= 0.3 is 5.97 Å². The summed E-state index contributed by atoms with van der Waals surface area (Å²) in [5.74, 6) is -0.131. The van der Waals surface area contributed by atoms with Gasteiger partial charge < -0.3 is 14.6 Å². The van der Waals surface area contributed by atoms with Crippen LogP contribution in [-0.4, -0.2) is 23.2 Å². The quantitative estimate of drug-likeness (QED) is 0.483. The van der Waals surface area contributed by atoms with Gasteiger partial charge in [0.05, 0.1) is 7.11 Å². The fourth-order valence-corrected chi connectivity index (χ4v) is 3.54. The van der Waals surface area contributed by atoms with Crippen molar-refractivity contribution in [3.05, 3.63) is 77.2 Å². The van der Waals surface area contributed by atoms with Crippen molar-refractivity contribution in [2.45, 2.75) is 45.6 Å². The molecule has 0 bridgehead atoms. The van der Waals surface area contributed by atoms with Crippen molar-refractivity contribution in [2.75, 3.05) is 7.11 Å². The van der Waals surface area contributed by atoms with Crippen LogP contribution in [0.2, 0.25) is 0 Å². The maximum Gasteiger partial charge on any atom is 0.303 e. The van der Waals surface area contributed by atoms with Gasteiger partial charge in [0, 0.05) is 29.8 Å².